The lowest BCUT2D eigenvalue weighted by Gasteiger charge is -2.21. The predicted molar refractivity (Wildman–Crippen MR) is 77.4 cm³/mol. The van der Waals surface area contributed by atoms with Crippen molar-refractivity contribution in [1.29, 1.82) is 0 Å². The molecule has 106 valence electrons. The Morgan fingerprint density at radius 3 is 3.00 bits per heavy atom. The first-order valence-corrected chi connectivity index (χ1v) is 7.16. The molecule has 1 aliphatic heterocycles. The summed E-state index contributed by atoms with van der Waals surface area (Å²) in [7, 11) is 0. The summed E-state index contributed by atoms with van der Waals surface area (Å²) in [6.45, 7) is 4.42. The molecule has 20 heavy (non-hydrogen) atoms. The molecule has 2 aromatic rings. The Morgan fingerprint density at radius 1 is 1.45 bits per heavy atom. The predicted octanol–water partition coefficient (Wildman–Crippen LogP) is 1.26. The fraction of sp³-hybridized carbons (Fsp3) is 0.467. The van der Waals surface area contributed by atoms with E-state index >= 15 is 0 Å². The third-order valence-electron chi connectivity index (χ3n) is 3.90. The van der Waals surface area contributed by atoms with E-state index in [-0.39, 0.29) is 11.8 Å². The van der Waals surface area contributed by atoms with Gasteiger partial charge >= 0.3 is 0 Å². The molecule has 1 amide bonds. The monoisotopic (exact) mass is 272 g/mol. The van der Waals surface area contributed by atoms with Crippen molar-refractivity contribution in [3.05, 3.63) is 35.8 Å². The molecule has 1 fully saturated rings. The summed E-state index contributed by atoms with van der Waals surface area (Å²) >= 11 is 0. The number of aromatic nitrogens is 2. The molecule has 2 N–H and O–H groups in total. The smallest absolute Gasteiger partial charge is 0.223 e. The minimum atomic E-state index is 0.148. The van der Waals surface area contributed by atoms with Crippen LogP contribution in [0.5, 0.6) is 0 Å². The van der Waals surface area contributed by atoms with Gasteiger partial charge in [-0.05, 0) is 45.0 Å². The molecular weight excluding hydrogens is 252 g/mol. The molecule has 0 bridgehead atoms. The second-order valence-electron chi connectivity index (χ2n) is 5.37. The molecular formula is C15H20N4O. The number of nitrogens with one attached hydrogen (secondary N) is 2. The van der Waals surface area contributed by atoms with Crippen molar-refractivity contribution < 1.29 is 4.79 Å². The highest BCUT2D eigenvalue weighted by Gasteiger charge is 2.20. The average molecular weight is 272 g/mol. The zero-order chi connectivity index (χ0) is 13.9. The van der Waals surface area contributed by atoms with Gasteiger partial charge in [0.2, 0.25) is 5.91 Å². The number of rotatable bonds is 3. The largest absolute Gasteiger partial charge is 0.350 e. The number of nitrogens with zero attached hydrogens (tertiary/aromatic N) is 2. The van der Waals surface area contributed by atoms with Crippen LogP contribution in [0.2, 0.25) is 0 Å². The van der Waals surface area contributed by atoms with Crippen molar-refractivity contribution in [3.63, 3.8) is 0 Å². The molecule has 5 heteroatoms. The van der Waals surface area contributed by atoms with Crippen molar-refractivity contribution in [2.24, 2.45) is 5.92 Å². The Hall–Kier alpha value is -1.88. The maximum absolute atomic E-state index is 12.1. The number of amides is 1. The summed E-state index contributed by atoms with van der Waals surface area (Å²) in [5, 5.41) is 6.28. The summed E-state index contributed by atoms with van der Waals surface area (Å²) in [5.74, 6) is 0.301. The van der Waals surface area contributed by atoms with Crippen molar-refractivity contribution in [2.75, 3.05) is 13.1 Å². The van der Waals surface area contributed by atoms with E-state index in [1.54, 1.807) is 0 Å². The van der Waals surface area contributed by atoms with Crippen LogP contribution in [0, 0.1) is 12.8 Å². The van der Waals surface area contributed by atoms with Crippen LogP contribution < -0.4 is 10.6 Å². The van der Waals surface area contributed by atoms with E-state index in [2.05, 4.69) is 15.6 Å². The second kappa shape index (κ2) is 5.63. The molecule has 3 rings (SSSR count). The van der Waals surface area contributed by atoms with Crippen LogP contribution in [0.25, 0.3) is 5.65 Å². The molecule has 0 saturated carbocycles. The molecule has 0 unspecified atom stereocenters. The number of piperidine rings is 1. The van der Waals surface area contributed by atoms with Gasteiger partial charge in [0.05, 0.1) is 12.2 Å². The number of aryl methyl sites for hydroxylation is 1. The number of pyridine rings is 1. The number of carbonyl (C=O) groups is 1. The van der Waals surface area contributed by atoms with E-state index in [0.717, 1.165) is 43.0 Å². The van der Waals surface area contributed by atoms with Crippen LogP contribution in [0.15, 0.2) is 24.4 Å². The van der Waals surface area contributed by atoms with Gasteiger partial charge in [-0.3, -0.25) is 4.79 Å². The summed E-state index contributed by atoms with van der Waals surface area (Å²) in [4.78, 5) is 16.6. The SMILES string of the molecule is Cc1cccc2nc(CNC(=O)C3CCNCC3)cn12. The van der Waals surface area contributed by atoms with Crippen molar-refractivity contribution in [1.82, 2.24) is 20.0 Å². The second-order valence-corrected chi connectivity index (χ2v) is 5.37. The third-order valence-corrected chi connectivity index (χ3v) is 3.90. The number of carbonyl (C=O) groups excluding carboxylic acids is 1. The topological polar surface area (TPSA) is 58.4 Å². The van der Waals surface area contributed by atoms with E-state index in [9.17, 15) is 4.79 Å². The van der Waals surface area contributed by atoms with Gasteiger partial charge in [-0.2, -0.15) is 0 Å². The standard InChI is InChI=1S/C15H20N4O/c1-11-3-2-4-14-18-13(10-19(11)14)9-17-15(20)12-5-7-16-8-6-12/h2-4,10,12,16H,5-9H2,1H3,(H,17,20). The molecule has 3 heterocycles. The number of hydrogen-bond donors (Lipinski definition) is 2. The first-order valence-electron chi connectivity index (χ1n) is 7.16. The van der Waals surface area contributed by atoms with E-state index in [1.807, 2.05) is 35.7 Å². The average Bonchev–Trinajstić information content (AvgIpc) is 2.90. The summed E-state index contributed by atoms with van der Waals surface area (Å²) < 4.78 is 2.05. The van der Waals surface area contributed by atoms with Gasteiger partial charge in [-0.15, -0.1) is 0 Å². The molecule has 1 saturated heterocycles. The quantitative estimate of drug-likeness (QED) is 0.884. The lowest BCUT2D eigenvalue weighted by Crippen LogP contribution is -2.37. The van der Waals surface area contributed by atoms with Crippen molar-refractivity contribution >= 4 is 11.6 Å². The fourth-order valence-electron chi connectivity index (χ4n) is 2.69. The highest BCUT2D eigenvalue weighted by Crippen LogP contribution is 2.12. The molecule has 5 nitrogen and oxygen atoms in total. The molecule has 0 atom stereocenters. The number of fused-ring (bicyclic) bond motifs is 1. The summed E-state index contributed by atoms with van der Waals surface area (Å²) in [6.07, 6.45) is 3.85. The van der Waals surface area contributed by atoms with Crippen molar-refractivity contribution in [3.8, 4) is 0 Å². The van der Waals surface area contributed by atoms with Crippen LogP contribution in [0.1, 0.15) is 24.2 Å². The third kappa shape index (κ3) is 2.67. The van der Waals surface area contributed by atoms with Gasteiger partial charge in [-0.1, -0.05) is 6.07 Å². The Kier molecular flexibility index (Phi) is 3.69. The van der Waals surface area contributed by atoms with Crippen LogP contribution in [-0.2, 0) is 11.3 Å². The van der Waals surface area contributed by atoms with E-state index in [0.29, 0.717) is 6.54 Å². The first-order chi connectivity index (χ1) is 9.74. The van der Waals surface area contributed by atoms with Gasteiger partial charge in [0.15, 0.2) is 0 Å². The molecule has 2 aromatic heterocycles. The minimum absolute atomic E-state index is 0.148. The Labute approximate surface area is 118 Å². The highest BCUT2D eigenvalue weighted by atomic mass is 16.1. The van der Waals surface area contributed by atoms with Crippen LogP contribution in [0.4, 0.5) is 0 Å². The van der Waals surface area contributed by atoms with Gasteiger partial charge in [0.25, 0.3) is 0 Å². The van der Waals surface area contributed by atoms with E-state index in [4.69, 9.17) is 0 Å². The van der Waals surface area contributed by atoms with Crippen LogP contribution >= 0.6 is 0 Å². The molecule has 0 aliphatic carbocycles. The van der Waals surface area contributed by atoms with E-state index < -0.39 is 0 Å². The summed E-state index contributed by atoms with van der Waals surface area (Å²) in [5.41, 5.74) is 2.98. The fourth-order valence-corrected chi connectivity index (χ4v) is 2.69. The lowest BCUT2D eigenvalue weighted by molar-refractivity contribution is -0.125. The number of imidazole rings is 1. The normalized spacial score (nSPS) is 16.4. The Balaban J connectivity index is 1.64. The molecule has 0 radical (unpaired) electrons. The maximum atomic E-state index is 12.1. The van der Waals surface area contributed by atoms with Crippen molar-refractivity contribution in [2.45, 2.75) is 26.3 Å². The Bertz CT molecular complexity index is 613. The molecule has 0 aromatic carbocycles. The van der Waals surface area contributed by atoms with Crippen LogP contribution in [-0.4, -0.2) is 28.4 Å². The Morgan fingerprint density at radius 2 is 2.25 bits per heavy atom. The first kappa shape index (κ1) is 13.1. The highest BCUT2D eigenvalue weighted by molar-refractivity contribution is 5.78. The zero-order valence-electron chi connectivity index (χ0n) is 11.7. The van der Waals surface area contributed by atoms with Gasteiger partial charge in [-0.25, -0.2) is 4.98 Å². The zero-order valence-corrected chi connectivity index (χ0v) is 11.7. The summed E-state index contributed by atoms with van der Waals surface area (Å²) in [6, 6.07) is 6.02. The van der Waals surface area contributed by atoms with Crippen LogP contribution in [0.3, 0.4) is 0 Å². The van der Waals surface area contributed by atoms with Gasteiger partial charge in [0.1, 0.15) is 5.65 Å². The van der Waals surface area contributed by atoms with Gasteiger partial charge in [0, 0.05) is 17.8 Å². The lowest BCUT2D eigenvalue weighted by atomic mass is 9.97. The maximum Gasteiger partial charge on any atom is 0.223 e. The van der Waals surface area contributed by atoms with Gasteiger partial charge < -0.3 is 15.0 Å². The minimum Gasteiger partial charge on any atom is -0.350 e. The molecule has 0 spiro atoms. The van der Waals surface area contributed by atoms with E-state index in [1.165, 1.54) is 0 Å². The number of hydrogen-bond acceptors (Lipinski definition) is 3. The molecule has 1 aliphatic rings.